The Morgan fingerprint density at radius 2 is 2.22 bits per heavy atom. The van der Waals surface area contributed by atoms with Gasteiger partial charge in [-0.1, -0.05) is 11.8 Å². The molecular weight excluding hydrogens is 384 g/mol. The summed E-state index contributed by atoms with van der Waals surface area (Å²) < 4.78 is 0.750. The monoisotopic (exact) mass is 406 g/mol. The molecule has 1 aromatic carbocycles. The van der Waals surface area contributed by atoms with Crippen molar-refractivity contribution < 1.29 is 9.72 Å². The molecule has 1 amide bonds. The van der Waals surface area contributed by atoms with Gasteiger partial charge in [0.1, 0.15) is 0 Å². The molecule has 7 nitrogen and oxygen atoms in total. The zero-order valence-corrected chi connectivity index (χ0v) is 17.2. The number of aromatic nitrogens is 1. The number of piperidine rings is 1. The first-order valence-corrected chi connectivity index (χ1v) is 10.4. The number of aryl methyl sites for hydroxylation is 1. The van der Waals surface area contributed by atoms with Crippen LogP contribution in [0.3, 0.4) is 0 Å². The highest BCUT2D eigenvalue weighted by atomic mass is 32.2. The summed E-state index contributed by atoms with van der Waals surface area (Å²) in [5.74, 6) is -0.147. The highest BCUT2D eigenvalue weighted by molar-refractivity contribution is 8.01. The number of carbonyl (C=O) groups excluding carboxylic acids is 1. The van der Waals surface area contributed by atoms with Crippen LogP contribution in [-0.4, -0.2) is 58.8 Å². The van der Waals surface area contributed by atoms with Crippen LogP contribution in [0.15, 0.2) is 32.8 Å². The smallest absolute Gasteiger partial charge is 0.284 e. The van der Waals surface area contributed by atoms with Crippen LogP contribution in [0.2, 0.25) is 0 Å². The van der Waals surface area contributed by atoms with Gasteiger partial charge in [-0.15, -0.1) is 11.3 Å². The lowest BCUT2D eigenvalue weighted by molar-refractivity contribution is -0.387. The highest BCUT2D eigenvalue weighted by Gasteiger charge is 2.27. The fraction of sp³-hybridized carbons (Fsp3) is 0.444. The molecule has 0 bridgehead atoms. The van der Waals surface area contributed by atoms with Crippen molar-refractivity contribution in [3.63, 3.8) is 0 Å². The number of nitro benzene ring substituents is 1. The fourth-order valence-electron chi connectivity index (χ4n) is 3.10. The van der Waals surface area contributed by atoms with Gasteiger partial charge in [0.15, 0.2) is 4.34 Å². The lowest BCUT2D eigenvalue weighted by Gasteiger charge is -2.36. The maximum atomic E-state index is 12.9. The quantitative estimate of drug-likeness (QED) is 0.557. The van der Waals surface area contributed by atoms with Crippen LogP contribution >= 0.6 is 23.1 Å². The Morgan fingerprint density at radius 1 is 1.44 bits per heavy atom. The van der Waals surface area contributed by atoms with Gasteiger partial charge >= 0.3 is 0 Å². The second-order valence-corrected chi connectivity index (χ2v) is 8.95. The van der Waals surface area contributed by atoms with Crippen LogP contribution < -0.4 is 0 Å². The molecule has 0 spiro atoms. The number of likely N-dealkylation sites (tertiary alicyclic amines) is 1. The van der Waals surface area contributed by atoms with Crippen LogP contribution in [0, 0.1) is 17.0 Å². The van der Waals surface area contributed by atoms with E-state index in [2.05, 4.69) is 9.88 Å². The van der Waals surface area contributed by atoms with Crippen LogP contribution in [0.1, 0.15) is 28.9 Å². The van der Waals surface area contributed by atoms with Gasteiger partial charge in [-0.2, -0.15) is 0 Å². The van der Waals surface area contributed by atoms with Gasteiger partial charge in [0, 0.05) is 41.8 Å². The van der Waals surface area contributed by atoms with Gasteiger partial charge in [-0.05, 0) is 46.0 Å². The summed E-state index contributed by atoms with van der Waals surface area (Å²) in [5.41, 5.74) is 1.19. The number of likely N-dealkylation sites (N-methyl/N-ethyl adjacent to an activating group) is 1. The third-order valence-electron chi connectivity index (χ3n) is 4.61. The van der Waals surface area contributed by atoms with Crippen molar-refractivity contribution in [2.75, 3.05) is 27.2 Å². The molecular formula is C18H22N4O3S2. The van der Waals surface area contributed by atoms with Crippen LogP contribution in [-0.2, 0) is 0 Å². The van der Waals surface area contributed by atoms with E-state index in [1.54, 1.807) is 17.0 Å². The molecule has 2 aromatic rings. The number of thiazole rings is 1. The molecule has 1 unspecified atom stereocenters. The Hall–Kier alpha value is -1.97. The van der Waals surface area contributed by atoms with Gasteiger partial charge in [0.25, 0.3) is 11.6 Å². The minimum Gasteiger partial charge on any atom is -0.337 e. The number of hydrogen-bond acceptors (Lipinski definition) is 7. The number of rotatable bonds is 5. The van der Waals surface area contributed by atoms with E-state index in [-0.39, 0.29) is 11.6 Å². The lowest BCUT2D eigenvalue weighted by Crippen LogP contribution is -2.47. The average molecular weight is 407 g/mol. The van der Waals surface area contributed by atoms with Gasteiger partial charge in [0.05, 0.1) is 9.82 Å². The molecule has 2 heterocycles. The van der Waals surface area contributed by atoms with E-state index < -0.39 is 4.92 Å². The van der Waals surface area contributed by atoms with E-state index in [4.69, 9.17) is 0 Å². The third kappa shape index (κ3) is 4.66. The van der Waals surface area contributed by atoms with Crippen molar-refractivity contribution >= 4 is 34.7 Å². The molecule has 1 fully saturated rings. The van der Waals surface area contributed by atoms with Crippen molar-refractivity contribution in [1.82, 2.24) is 14.8 Å². The Morgan fingerprint density at radius 3 is 2.85 bits per heavy atom. The molecule has 1 saturated heterocycles. The molecule has 0 aliphatic carbocycles. The molecule has 1 atom stereocenters. The number of benzene rings is 1. The zero-order valence-electron chi connectivity index (χ0n) is 15.5. The fourth-order valence-corrected chi connectivity index (χ4v) is 4.97. The first kappa shape index (κ1) is 19.8. The minimum absolute atomic E-state index is 0.0557. The predicted octanol–water partition coefficient (Wildman–Crippen LogP) is 3.68. The molecule has 0 radical (unpaired) electrons. The number of hydrogen-bond donors (Lipinski definition) is 0. The molecule has 1 aromatic heterocycles. The summed E-state index contributed by atoms with van der Waals surface area (Å²) in [7, 11) is 4.02. The standard InChI is InChI=1S/C18H22N4O3S2/c1-12-11-26-18(19-12)27-16-7-6-13(9-15(16)22(24)25)17(23)21-8-4-5-14(10-21)20(2)3/h6-7,9,11,14H,4-5,8,10H2,1-3H3. The Kier molecular flexibility index (Phi) is 6.13. The maximum Gasteiger partial charge on any atom is 0.284 e. The Labute approximate surface area is 166 Å². The van der Waals surface area contributed by atoms with Crippen molar-refractivity contribution in [3.8, 4) is 0 Å². The van der Waals surface area contributed by atoms with E-state index >= 15 is 0 Å². The maximum absolute atomic E-state index is 12.9. The number of nitro groups is 1. The van der Waals surface area contributed by atoms with E-state index in [1.165, 1.54) is 29.2 Å². The second kappa shape index (κ2) is 8.37. The van der Waals surface area contributed by atoms with Crippen LogP contribution in [0.5, 0.6) is 0 Å². The first-order valence-electron chi connectivity index (χ1n) is 8.69. The van der Waals surface area contributed by atoms with E-state index in [9.17, 15) is 14.9 Å². The summed E-state index contributed by atoms with van der Waals surface area (Å²) in [6.07, 6.45) is 1.99. The van der Waals surface area contributed by atoms with Gasteiger partial charge in [-0.25, -0.2) is 4.98 Å². The predicted molar refractivity (Wildman–Crippen MR) is 107 cm³/mol. The Bertz CT molecular complexity index is 853. The summed E-state index contributed by atoms with van der Waals surface area (Å²) >= 11 is 2.71. The summed E-state index contributed by atoms with van der Waals surface area (Å²) in [6, 6.07) is 5.04. The second-order valence-electron chi connectivity index (χ2n) is 6.81. The molecule has 144 valence electrons. The number of carbonyl (C=O) groups is 1. The van der Waals surface area contributed by atoms with Crippen molar-refractivity contribution in [2.45, 2.75) is 35.0 Å². The van der Waals surface area contributed by atoms with Crippen molar-refractivity contribution in [1.29, 1.82) is 0 Å². The lowest BCUT2D eigenvalue weighted by atomic mass is 10.0. The summed E-state index contributed by atoms with van der Waals surface area (Å²) in [6.45, 7) is 3.22. The molecule has 27 heavy (non-hydrogen) atoms. The normalized spacial score (nSPS) is 17.3. The van der Waals surface area contributed by atoms with Gasteiger partial charge in [-0.3, -0.25) is 14.9 Å². The molecule has 0 saturated carbocycles. The summed E-state index contributed by atoms with van der Waals surface area (Å²) in [5, 5.41) is 13.5. The minimum atomic E-state index is -0.432. The molecule has 9 heteroatoms. The zero-order chi connectivity index (χ0) is 19.6. The van der Waals surface area contributed by atoms with Crippen molar-refractivity contribution in [2.24, 2.45) is 0 Å². The molecule has 1 aliphatic rings. The highest BCUT2D eigenvalue weighted by Crippen LogP contribution is 2.37. The van der Waals surface area contributed by atoms with Crippen LogP contribution in [0.4, 0.5) is 5.69 Å². The van der Waals surface area contributed by atoms with E-state index in [1.807, 2.05) is 26.4 Å². The van der Waals surface area contributed by atoms with Gasteiger partial charge in [0.2, 0.25) is 0 Å². The number of amides is 1. The largest absolute Gasteiger partial charge is 0.337 e. The Balaban J connectivity index is 1.82. The van der Waals surface area contributed by atoms with E-state index in [0.717, 1.165) is 22.9 Å². The molecule has 3 rings (SSSR count). The summed E-state index contributed by atoms with van der Waals surface area (Å²) in [4.78, 5) is 32.8. The first-order chi connectivity index (χ1) is 12.8. The molecule has 1 aliphatic heterocycles. The number of nitrogens with zero attached hydrogens (tertiary/aromatic N) is 4. The van der Waals surface area contributed by atoms with E-state index in [0.29, 0.717) is 29.6 Å². The van der Waals surface area contributed by atoms with Gasteiger partial charge < -0.3 is 9.80 Å². The SMILES string of the molecule is Cc1csc(Sc2ccc(C(=O)N3CCCC(N(C)C)C3)cc2[N+](=O)[O-])n1. The topological polar surface area (TPSA) is 79.6 Å². The van der Waals surface area contributed by atoms with Crippen LogP contribution in [0.25, 0.3) is 0 Å². The average Bonchev–Trinajstić information content (AvgIpc) is 3.06. The third-order valence-corrected chi connectivity index (χ3v) is 6.73. The van der Waals surface area contributed by atoms with Crippen molar-refractivity contribution in [3.05, 3.63) is 45.0 Å². The molecule has 0 N–H and O–H groups in total.